The molecule has 0 spiro atoms. The molecule has 0 saturated carbocycles. The first-order chi connectivity index (χ1) is 8.97. The maximum absolute atomic E-state index is 12.2. The van der Waals surface area contributed by atoms with Crippen molar-refractivity contribution in [3.8, 4) is 0 Å². The average Bonchev–Trinajstić information content (AvgIpc) is 2.43. The number of benzene rings is 1. The Balaban J connectivity index is 3.05. The van der Waals surface area contributed by atoms with Gasteiger partial charge in [0.15, 0.2) is 6.10 Å². The minimum absolute atomic E-state index is 0.288. The highest BCUT2D eigenvalue weighted by Crippen LogP contribution is 2.16. The Morgan fingerprint density at radius 3 is 2.37 bits per heavy atom. The summed E-state index contributed by atoms with van der Waals surface area (Å²) in [6.45, 7) is 3.08. The van der Waals surface area contributed by atoms with Crippen molar-refractivity contribution >= 4 is 17.6 Å². The summed E-state index contributed by atoms with van der Waals surface area (Å²) in [5, 5.41) is 18.2. The molecule has 0 aliphatic carbocycles. The molecule has 1 aromatic rings. The second-order valence-electron chi connectivity index (χ2n) is 4.08. The molecule has 0 fully saturated rings. The van der Waals surface area contributed by atoms with Gasteiger partial charge in [0, 0.05) is 11.3 Å². The van der Waals surface area contributed by atoms with Crippen LogP contribution in [0.3, 0.4) is 0 Å². The van der Waals surface area contributed by atoms with E-state index in [2.05, 4.69) is 0 Å². The average molecular weight is 263 g/mol. The zero-order valence-corrected chi connectivity index (χ0v) is 10.9. The van der Waals surface area contributed by atoms with Crippen LogP contribution in [0.4, 0.5) is 5.69 Å². The monoisotopic (exact) mass is 263 g/mol. The fraction of sp³-hybridized carbons (Fsp3) is 0.286. The summed E-state index contributed by atoms with van der Waals surface area (Å²) in [5.74, 6) is -1.68. The highest BCUT2D eigenvalue weighted by Gasteiger charge is 2.23. The number of carboxylic acids is 1. The molecule has 1 unspecified atom stereocenters. The molecule has 0 aromatic heterocycles. The first-order valence-electron chi connectivity index (χ1n) is 5.88. The van der Waals surface area contributed by atoms with E-state index in [4.69, 9.17) is 5.11 Å². The number of aliphatic carboxylic acids is 1. The number of allylic oxidation sites excluding steroid dienone is 1. The Labute approximate surface area is 111 Å². The smallest absolute Gasteiger partial charge is 0.334 e. The standard InChI is InChI=1S/C14H17NO4/c1-3-10(2)13(17)15(9-12(16)14(18)19)11-7-5-4-6-8-11/h3-8,12,16H,9H2,1-2H3,(H,18,19)/b10-3+. The summed E-state index contributed by atoms with van der Waals surface area (Å²) in [7, 11) is 0. The van der Waals surface area contributed by atoms with Crippen LogP contribution in [0.25, 0.3) is 0 Å². The number of amides is 1. The van der Waals surface area contributed by atoms with E-state index in [-0.39, 0.29) is 12.5 Å². The fourth-order valence-electron chi connectivity index (χ4n) is 1.50. The summed E-state index contributed by atoms with van der Waals surface area (Å²) in [4.78, 5) is 24.2. The van der Waals surface area contributed by atoms with E-state index in [9.17, 15) is 14.7 Å². The van der Waals surface area contributed by atoms with Gasteiger partial charge in [0.05, 0.1) is 6.54 Å². The van der Waals surface area contributed by atoms with Crippen molar-refractivity contribution in [2.24, 2.45) is 0 Å². The Hall–Kier alpha value is -2.14. The first-order valence-corrected chi connectivity index (χ1v) is 5.88. The zero-order chi connectivity index (χ0) is 14.4. The van der Waals surface area contributed by atoms with Gasteiger partial charge < -0.3 is 15.1 Å². The maximum Gasteiger partial charge on any atom is 0.334 e. The van der Waals surface area contributed by atoms with Crippen LogP contribution < -0.4 is 4.90 Å². The Morgan fingerprint density at radius 2 is 1.89 bits per heavy atom. The summed E-state index contributed by atoms with van der Waals surface area (Å²) in [5.41, 5.74) is 1.04. The van der Waals surface area contributed by atoms with Crippen molar-refractivity contribution in [2.75, 3.05) is 11.4 Å². The second-order valence-corrected chi connectivity index (χ2v) is 4.08. The molecule has 102 valence electrons. The highest BCUT2D eigenvalue weighted by atomic mass is 16.4. The van der Waals surface area contributed by atoms with Gasteiger partial charge >= 0.3 is 5.97 Å². The lowest BCUT2D eigenvalue weighted by Gasteiger charge is -2.24. The van der Waals surface area contributed by atoms with Crippen LogP contribution in [0.5, 0.6) is 0 Å². The predicted octanol–water partition coefficient (Wildman–Crippen LogP) is 1.43. The van der Waals surface area contributed by atoms with Crippen LogP contribution >= 0.6 is 0 Å². The number of carboxylic acid groups (broad SMARTS) is 1. The molecule has 0 aliphatic rings. The van der Waals surface area contributed by atoms with Crippen molar-refractivity contribution in [3.05, 3.63) is 42.0 Å². The van der Waals surface area contributed by atoms with Crippen molar-refractivity contribution in [1.29, 1.82) is 0 Å². The van der Waals surface area contributed by atoms with E-state index in [0.29, 0.717) is 11.3 Å². The second kappa shape index (κ2) is 6.70. The molecule has 1 aromatic carbocycles. The van der Waals surface area contributed by atoms with Crippen LogP contribution in [-0.4, -0.2) is 34.7 Å². The molecule has 5 nitrogen and oxygen atoms in total. The van der Waals surface area contributed by atoms with Gasteiger partial charge in [0.2, 0.25) is 0 Å². The number of rotatable bonds is 5. The van der Waals surface area contributed by atoms with Crippen LogP contribution in [0.1, 0.15) is 13.8 Å². The van der Waals surface area contributed by atoms with Gasteiger partial charge in [-0.15, -0.1) is 0 Å². The quantitative estimate of drug-likeness (QED) is 0.788. The number of anilines is 1. The molecule has 5 heteroatoms. The van der Waals surface area contributed by atoms with Gasteiger partial charge in [-0.2, -0.15) is 0 Å². The molecule has 0 bridgehead atoms. The van der Waals surface area contributed by atoms with E-state index < -0.39 is 12.1 Å². The van der Waals surface area contributed by atoms with E-state index in [1.165, 1.54) is 4.90 Å². The summed E-state index contributed by atoms with van der Waals surface area (Å²) < 4.78 is 0. The largest absolute Gasteiger partial charge is 0.479 e. The van der Waals surface area contributed by atoms with Crippen LogP contribution in [0.2, 0.25) is 0 Å². The van der Waals surface area contributed by atoms with Gasteiger partial charge in [-0.25, -0.2) is 4.79 Å². The highest BCUT2D eigenvalue weighted by molar-refractivity contribution is 6.05. The fourth-order valence-corrected chi connectivity index (χ4v) is 1.50. The number of carbonyl (C=O) groups excluding carboxylic acids is 1. The molecule has 0 radical (unpaired) electrons. The van der Waals surface area contributed by atoms with Gasteiger partial charge in [0.1, 0.15) is 0 Å². The number of para-hydroxylation sites is 1. The van der Waals surface area contributed by atoms with Gasteiger partial charge in [-0.1, -0.05) is 24.3 Å². The number of aliphatic hydroxyl groups excluding tert-OH is 1. The Kier molecular flexibility index (Phi) is 5.26. The summed E-state index contributed by atoms with van der Waals surface area (Å²) in [6, 6.07) is 8.66. The van der Waals surface area contributed by atoms with Crippen molar-refractivity contribution in [2.45, 2.75) is 20.0 Å². The molecule has 1 atom stereocenters. The number of hydrogen-bond acceptors (Lipinski definition) is 3. The van der Waals surface area contributed by atoms with E-state index in [1.54, 1.807) is 50.3 Å². The van der Waals surface area contributed by atoms with Crippen LogP contribution in [0.15, 0.2) is 42.0 Å². The predicted molar refractivity (Wildman–Crippen MR) is 71.9 cm³/mol. The van der Waals surface area contributed by atoms with Gasteiger partial charge in [-0.3, -0.25) is 4.79 Å². The third kappa shape index (κ3) is 3.93. The lowest BCUT2D eigenvalue weighted by Crippen LogP contribution is -2.41. The van der Waals surface area contributed by atoms with Gasteiger partial charge in [-0.05, 0) is 26.0 Å². The number of hydrogen-bond donors (Lipinski definition) is 2. The first kappa shape index (κ1) is 14.9. The van der Waals surface area contributed by atoms with Gasteiger partial charge in [0.25, 0.3) is 5.91 Å². The molecule has 19 heavy (non-hydrogen) atoms. The SMILES string of the molecule is C/C=C(\C)C(=O)N(CC(O)C(=O)O)c1ccccc1. The molecular weight excluding hydrogens is 246 g/mol. The Bertz CT molecular complexity index is 481. The number of carbonyl (C=O) groups is 2. The van der Waals surface area contributed by atoms with E-state index >= 15 is 0 Å². The van der Waals surface area contributed by atoms with E-state index in [0.717, 1.165) is 0 Å². The Morgan fingerprint density at radius 1 is 1.32 bits per heavy atom. The van der Waals surface area contributed by atoms with Crippen LogP contribution in [0, 0.1) is 0 Å². The normalized spacial score (nSPS) is 12.9. The zero-order valence-electron chi connectivity index (χ0n) is 10.9. The lowest BCUT2D eigenvalue weighted by molar-refractivity contribution is -0.146. The number of aliphatic hydroxyl groups is 1. The molecule has 1 amide bonds. The third-order valence-corrected chi connectivity index (χ3v) is 2.72. The molecule has 0 aliphatic heterocycles. The van der Waals surface area contributed by atoms with Crippen molar-refractivity contribution in [1.82, 2.24) is 0 Å². The third-order valence-electron chi connectivity index (χ3n) is 2.72. The number of nitrogens with zero attached hydrogens (tertiary/aromatic N) is 1. The van der Waals surface area contributed by atoms with E-state index in [1.807, 2.05) is 0 Å². The maximum atomic E-state index is 12.2. The van der Waals surface area contributed by atoms with Crippen molar-refractivity contribution in [3.63, 3.8) is 0 Å². The van der Waals surface area contributed by atoms with Crippen molar-refractivity contribution < 1.29 is 19.8 Å². The summed E-state index contributed by atoms with van der Waals surface area (Å²) >= 11 is 0. The molecule has 2 N–H and O–H groups in total. The molecular formula is C14H17NO4. The topological polar surface area (TPSA) is 77.8 Å². The lowest BCUT2D eigenvalue weighted by atomic mass is 10.2. The minimum Gasteiger partial charge on any atom is -0.479 e. The summed E-state index contributed by atoms with van der Waals surface area (Å²) in [6.07, 6.45) is 0.0274. The molecule has 1 rings (SSSR count). The molecule has 0 saturated heterocycles. The minimum atomic E-state index is -1.62. The van der Waals surface area contributed by atoms with Crippen LogP contribution in [-0.2, 0) is 9.59 Å². The molecule has 0 heterocycles.